The van der Waals surface area contributed by atoms with Crippen LogP contribution >= 0.6 is 11.6 Å². The minimum Gasteiger partial charge on any atom is -0.387 e. The molecule has 0 heterocycles. The number of rotatable bonds is 7. The smallest absolute Gasteiger partial charge is 0.255 e. The van der Waals surface area contributed by atoms with Gasteiger partial charge >= 0.3 is 0 Å². The first-order valence-corrected chi connectivity index (χ1v) is 14.2. The average Bonchev–Trinajstić information content (AvgIpc) is 3.01. The van der Waals surface area contributed by atoms with Gasteiger partial charge in [-0.3, -0.25) is 9.59 Å². The fourth-order valence-corrected chi connectivity index (χ4v) is 7.86. The first-order chi connectivity index (χ1) is 17.7. The number of benzene rings is 2. The van der Waals surface area contributed by atoms with Crippen LogP contribution in [-0.2, 0) is 14.6 Å². The third-order valence-electron chi connectivity index (χ3n) is 7.62. The van der Waals surface area contributed by atoms with Crippen molar-refractivity contribution in [3.05, 3.63) is 58.4 Å². The summed E-state index contributed by atoms with van der Waals surface area (Å²) in [5, 5.41) is 15.4. The summed E-state index contributed by atoms with van der Waals surface area (Å²) in [6.45, 7) is 3.53. The summed E-state index contributed by atoms with van der Waals surface area (Å²) < 4.78 is 67.5. The maximum Gasteiger partial charge on any atom is 0.255 e. The lowest BCUT2D eigenvalue weighted by atomic mass is 9.74. The van der Waals surface area contributed by atoms with E-state index in [-0.39, 0.29) is 64.2 Å². The summed E-state index contributed by atoms with van der Waals surface area (Å²) in [5.74, 6) is -6.67. The Morgan fingerprint density at radius 1 is 1.08 bits per heavy atom. The lowest BCUT2D eigenvalue weighted by molar-refractivity contribution is -0.127. The predicted octanol–water partition coefficient (Wildman–Crippen LogP) is 4.48. The Morgan fingerprint density at radius 2 is 1.66 bits per heavy atom. The van der Waals surface area contributed by atoms with Crippen molar-refractivity contribution in [1.29, 1.82) is 0 Å². The van der Waals surface area contributed by atoms with E-state index in [1.807, 2.05) is 0 Å². The van der Waals surface area contributed by atoms with Crippen molar-refractivity contribution in [3.8, 4) is 0 Å². The van der Waals surface area contributed by atoms with E-state index in [0.717, 1.165) is 6.07 Å². The van der Waals surface area contributed by atoms with Crippen LogP contribution in [0, 0.1) is 35.2 Å². The molecule has 3 N–H and O–H groups in total. The zero-order valence-electron chi connectivity index (χ0n) is 20.7. The number of hydrogen-bond donors (Lipinski definition) is 3. The van der Waals surface area contributed by atoms with Gasteiger partial charge in [0.05, 0.1) is 20.8 Å². The van der Waals surface area contributed by atoms with Crippen molar-refractivity contribution in [1.82, 2.24) is 5.32 Å². The minimum absolute atomic E-state index is 0.0487. The highest BCUT2D eigenvalue weighted by atomic mass is 35.5. The highest BCUT2D eigenvalue weighted by molar-refractivity contribution is 7.92. The molecule has 2 aliphatic rings. The van der Waals surface area contributed by atoms with Gasteiger partial charge in [-0.2, -0.15) is 0 Å². The topological polar surface area (TPSA) is 113 Å². The third kappa shape index (κ3) is 5.28. The molecule has 2 aliphatic carbocycles. The molecule has 0 saturated heterocycles. The fourth-order valence-electron chi connectivity index (χ4n) is 5.46. The molecule has 2 aromatic carbocycles. The molecule has 2 aromatic rings. The molecule has 2 unspecified atom stereocenters. The standard InChI is InChI=1S/C26H28ClF3N2O5S/c1-13(2)24(33)31-12-26(35)15-4-5-16(26)9-18(8-15)38(36,37)22-7-14(3-6-19(22)27)25(34)32-17-10-20(28)23(30)21(29)11-17/h3,6-7,10-11,13,15-16,18,35H,4-5,8-9,12H2,1-2H3,(H,31,33)(H,32,34)/t15?,16?,18-,26-. The molecule has 0 aromatic heterocycles. The minimum atomic E-state index is -4.04. The lowest BCUT2D eigenvalue weighted by Gasteiger charge is -2.42. The number of aliphatic hydroxyl groups is 1. The Kier molecular flexibility index (Phi) is 7.84. The number of halogens is 4. The summed E-state index contributed by atoms with van der Waals surface area (Å²) in [5.41, 5.74) is -1.69. The first-order valence-electron chi connectivity index (χ1n) is 12.2. The number of carbonyl (C=O) groups is 2. The van der Waals surface area contributed by atoms with Crippen LogP contribution < -0.4 is 10.6 Å². The second kappa shape index (κ2) is 10.5. The van der Waals surface area contributed by atoms with Crippen LogP contribution in [0.3, 0.4) is 0 Å². The van der Waals surface area contributed by atoms with E-state index in [1.165, 1.54) is 12.1 Å². The van der Waals surface area contributed by atoms with E-state index < -0.39 is 44.0 Å². The molecule has 206 valence electrons. The van der Waals surface area contributed by atoms with Crippen molar-refractivity contribution in [3.63, 3.8) is 0 Å². The highest BCUT2D eigenvalue weighted by Crippen LogP contribution is 2.52. The Hall–Kier alpha value is -2.63. The Labute approximate surface area is 223 Å². The lowest BCUT2D eigenvalue weighted by Crippen LogP contribution is -2.55. The molecular formula is C26H28ClF3N2O5S. The molecule has 0 radical (unpaired) electrons. The van der Waals surface area contributed by atoms with E-state index in [2.05, 4.69) is 10.6 Å². The van der Waals surface area contributed by atoms with E-state index in [0.29, 0.717) is 25.0 Å². The fraction of sp³-hybridized carbons (Fsp3) is 0.462. The van der Waals surface area contributed by atoms with Gasteiger partial charge in [-0.1, -0.05) is 25.4 Å². The number of sulfone groups is 1. The van der Waals surface area contributed by atoms with Gasteiger partial charge in [0.1, 0.15) is 0 Å². The molecule has 12 heteroatoms. The summed E-state index contributed by atoms with van der Waals surface area (Å²) in [4.78, 5) is 24.5. The first kappa shape index (κ1) is 28.4. The molecule has 2 amide bonds. The van der Waals surface area contributed by atoms with Gasteiger partial charge in [0.15, 0.2) is 27.3 Å². The van der Waals surface area contributed by atoms with Crippen molar-refractivity contribution < 1.29 is 36.3 Å². The number of carbonyl (C=O) groups excluding carboxylic acids is 2. The summed E-state index contributed by atoms with van der Waals surface area (Å²) in [6.07, 6.45) is 1.55. The molecule has 2 bridgehead atoms. The number of anilines is 1. The van der Waals surface area contributed by atoms with Crippen molar-refractivity contribution in [2.24, 2.45) is 17.8 Å². The molecular weight excluding hydrogens is 545 g/mol. The maximum absolute atomic E-state index is 13.6. The monoisotopic (exact) mass is 572 g/mol. The predicted molar refractivity (Wildman–Crippen MR) is 135 cm³/mol. The van der Waals surface area contributed by atoms with Crippen LogP contribution in [0.25, 0.3) is 0 Å². The summed E-state index contributed by atoms with van der Waals surface area (Å²) >= 11 is 6.23. The van der Waals surface area contributed by atoms with Gasteiger partial charge in [0, 0.05) is 35.8 Å². The van der Waals surface area contributed by atoms with E-state index in [9.17, 15) is 36.3 Å². The second-order valence-corrected chi connectivity index (χ2v) is 12.9. The maximum atomic E-state index is 13.6. The largest absolute Gasteiger partial charge is 0.387 e. The van der Waals surface area contributed by atoms with E-state index >= 15 is 0 Å². The van der Waals surface area contributed by atoms with Crippen LogP contribution in [0.1, 0.15) is 49.9 Å². The van der Waals surface area contributed by atoms with Gasteiger partial charge in [0.25, 0.3) is 5.91 Å². The van der Waals surface area contributed by atoms with Gasteiger partial charge in [-0.15, -0.1) is 0 Å². The molecule has 0 spiro atoms. The number of amides is 2. The molecule has 2 saturated carbocycles. The van der Waals surface area contributed by atoms with Crippen LogP contribution in [-0.4, -0.2) is 42.7 Å². The zero-order valence-corrected chi connectivity index (χ0v) is 22.3. The van der Waals surface area contributed by atoms with Gasteiger partial charge in [0.2, 0.25) is 5.91 Å². The van der Waals surface area contributed by atoms with Crippen LogP contribution in [0.15, 0.2) is 35.2 Å². The Balaban J connectivity index is 1.54. The van der Waals surface area contributed by atoms with Gasteiger partial charge in [-0.25, -0.2) is 21.6 Å². The third-order valence-corrected chi connectivity index (χ3v) is 10.3. The number of hydrogen-bond acceptors (Lipinski definition) is 5. The van der Waals surface area contributed by atoms with Crippen molar-refractivity contribution >= 4 is 38.9 Å². The summed E-state index contributed by atoms with van der Waals surface area (Å²) in [7, 11) is -4.04. The zero-order chi connectivity index (χ0) is 28.0. The van der Waals surface area contributed by atoms with E-state index in [1.54, 1.807) is 13.8 Å². The molecule has 38 heavy (non-hydrogen) atoms. The quantitative estimate of drug-likeness (QED) is 0.424. The molecule has 2 fully saturated rings. The van der Waals surface area contributed by atoms with Crippen LogP contribution in [0.2, 0.25) is 5.02 Å². The number of fused-ring (bicyclic) bond motifs is 2. The van der Waals surface area contributed by atoms with Crippen LogP contribution in [0.4, 0.5) is 18.9 Å². The molecule has 0 aliphatic heterocycles. The average molecular weight is 573 g/mol. The molecule has 7 nitrogen and oxygen atoms in total. The van der Waals surface area contributed by atoms with Crippen LogP contribution in [0.5, 0.6) is 0 Å². The highest BCUT2D eigenvalue weighted by Gasteiger charge is 2.55. The number of nitrogens with one attached hydrogen (secondary N) is 2. The Morgan fingerprint density at radius 3 is 2.21 bits per heavy atom. The van der Waals surface area contributed by atoms with Gasteiger partial charge < -0.3 is 15.7 Å². The normalized spacial score (nSPS) is 24.9. The molecule has 2 atom stereocenters. The summed E-state index contributed by atoms with van der Waals surface area (Å²) in [6, 6.07) is 4.80. The van der Waals surface area contributed by atoms with Gasteiger partial charge in [-0.05, 0) is 55.7 Å². The van der Waals surface area contributed by atoms with Crippen molar-refractivity contribution in [2.45, 2.75) is 55.3 Å². The SMILES string of the molecule is CC(C)C(=O)NC[C@]1(O)C2CCC1C[C@@H](S(=O)(=O)c1cc(C(=O)Nc3cc(F)c(F)c(F)c3)ccc1Cl)C2. The molecule has 4 rings (SSSR count). The van der Waals surface area contributed by atoms with Crippen molar-refractivity contribution in [2.75, 3.05) is 11.9 Å². The Bertz CT molecular complexity index is 1350. The second-order valence-electron chi connectivity index (χ2n) is 10.3. The van der Waals surface area contributed by atoms with E-state index in [4.69, 9.17) is 11.6 Å².